The van der Waals surface area contributed by atoms with Crippen molar-refractivity contribution in [3.8, 4) is 17.1 Å². The average Bonchev–Trinajstić information content (AvgIpc) is 2.82. The maximum absolute atomic E-state index is 11.8. The van der Waals surface area contributed by atoms with E-state index in [0.29, 0.717) is 12.2 Å². The van der Waals surface area contributed by atoms with Gasteiger partial charge in [0.05, 0.1) is 0 Å². The van der Waals surface area contributed by atoms with E-state index < -0.39 is 0 Å². The van der Waals surface area contributed by atoms with Crippen molar-refractivity contribution < 1.29 is 9.53 Å². The zero-order valence-electron chi connectivity index (χ0n) is 20.1. The largest absolute Gasteiger partial charge is 0.427 e. The maximum Gasteiger partial charge on any atom is 0.311 e. The number of benzene rings is 1. The second kappa shape index (κ2) is 13.3. The van der Waals surface area contributed by atoms with Crippen LogP contribution in [-0.2, 0) is 17.6 Å². The third-order valence-corrected chi connectivity index (χ3v) is 6.55. The molecule has 2 aromatic rings. The molecule has 0 saturated carbocycles. The van der Waals surface area contributed by atoms with Crippen LogP contribution in [0.1, 0.15) is 102 Å². The summed E-state index contributed by atoms with van der Waals surface area (Å²) < 4.78 is 5.39. The first kappa shape index (κ1) is 24.4. The molecule has 3 rings (SSSR count). The minimum absolute atomic E-state index is 0.171. The van der Waals surface area contributed by atoms with Crippen LogP contribution >= 0.6 is 0 Å². The van der Waals surface area contributed by atoms with Crippen molar-refractivity contribution in [2.75, 3.05) is 0 Å². The van der Waals surface area contributed by atoms with E-state index in [1.165, 1.54) is 69.0 Å². The maximum atomic E-state index is 11.8. The molecule has 1 aromatic carbocycles. The average molecular weight is 437 g/mol. The Bertz CT molecular complexity index is 832. The van der Waals surface area contributed by atoms with Gasteiger partial charge in [-0.2, -0.15) is 0 Å². The van der Waals surface area contributed by atoms with Crippen LogP contribution in [0, 0.1) is 5.92 Å². The van der Waals surface area contributed by atoms with Crippen LogP contribution in [0.15, 0.2) is 30.5 Å². The van der Waals surface area contributed by atoms with Gasteiger partial charge in [-0.15, -0.1) is 0 Å². The number of aromatic nitrogens is 2. The van der Waals surface area contributed by atoms with Gasteiger partial charge in [-0.3, -0.25) is 4.79 Å². The fourth-order valence-electron chi connectivity index (χ4n) is 4.53. The molecule has 4 nitrogen and oxygen atoms in total. The molecular formula is C28H40N2O2. The van der Waals surface area contributed by atoms with E-state index in [-0.39, 0.29) is 5.97 Å². The number of ether oxygens (including phenoxy) is 1. The molecule has 1 atom stereocenters. The summed E-state index contributed by atoms with van der Waals surface area (Å²) in [5.74, 6) is 1.96. The fourth-order valence-corrected chi connectivity index (χ4v) is 4.53. The second-order valence-electron chi connectivity index (χ2n) is 9.29. The van der Waals surface area contributed by atoms with Crippen LogP contribution in [0.25, 0.3) is 11.4 Å². The monoisotopic (exact) mass is 436 g/mol. The Balaban J connectivity index is 1.48. The Morgan fingerprint density at radius 2 is 1.69 bits per heavy atom. The van der Waals surface area contributed by atoms with Crippen molar-refractivity contribution in [3.63, 3.8) is 0 Å². The smallest absolute Gasteiger partial charge is 0.311 e. The summed E-state index contributed by atoms with van der Waals surface area (Å²) in [5, 5.41) is 0. The van der Waals surface area contributed by atoms with E-state index >= 15 is 0 Å². The highest BCUT2D eigenvalue weighted by Crippen LogP contribution is 2.29. The molecule has 0 fully saturated rings. The van der Waals surface area contributed by atoms with E-state index in [1.807, 2.05) is 30.5 Å². The molecule has 1 aromatic heterocycles. The van der Waals surface area contributed by atoms with E-state index in [2.05, 4.69) is 18.8 Å². The van der Waals surface area contributed by atoms with Gasteiger partial charge in [0.15, 0.2) is 5.82 Å². The number of esters is 1. The summed E-state index contributed by atoms with van der Waals surface area (Å²) in [6, 6.07) is 7.55. The normalized spacial score (nSPS) is 15.4. The summed E-state index contributed by atoms with van der Waals surface area (Å²) in [7, 11) is 0. The lowest BCUT2D eigenvalue weighted by Gasteiger charge is -2.24. The third-order valence-electron chi connectivity index (χ3n) is 6.55. The highest BCUT2D eigenvalue weighted by atomic mass is 16.5. The summed E-state index contributed by atoms with van der Waals surface area (Å²) in [5.41, 5.74) is 3.50. The minimum Gasteiger partial charge on any atom is -0.427 e. The molecule has 1 heterocycles. The number of carbonyl (C=O) groups is 1. The zero-order chi connectivity index (χ0) is 22.6. The molecule has 174 valence electrons. The number of fused-ring (bicyclic) bond motifs is 1. The van der Waals surface area contributed by atoms with Gasteiger partial charge in [-0.05, 0) is 61.4 Å². The van der Waals surface area contributed by atoms with Crippen molar-refractivity contribution in [2.24, 2.45) is 5.92 Å². The van der Waals surface area contributed by atoms with Gasteiger partial charge in [0, 0.05) is 23.9 Å². The lowest BCUT2D eigenvalue weighted by Crippen LogP contribution is -2.16. The van der Waals surface area contributed by atoms with E-state index in [1.54, 1.807) is 0 Å². The van der Waals surface area contributed by atoms with Crippen molar-refractivity contribution in [1.29, 1.82) is 0 Å². The number of carbonyl (C=O) groups excluding carboxylic acids is 1. The van der Waals surface area contributed by atoms with Crippen LogP contribution < -0.4 is 4.74 Å². The molecule has 0 saturated heterocycles. The molecule has 32 heavy (non-hydrogen) atoms. The topological polar surface area (TPSA) is 52.1 Å². The van der Waals surface area contributed by atoms with Crippen molar-refractivity contribution in [2.45, 2.75) is 104 Å². The number of unbranched alkanes of at least 4 members (excludes halogenated alkanes) is 7. The van der Waals surface area contributed by atoms with Crippen molar-refractivity contribution in [1.82, 2.24) is 9.97 Å². The third kappa shape index (κ3) is 7.72. The van der Waals surface area contributed by atoms with Gasteiger partial charge in [-0.1, -0.05) is 71.6 Å². The Kier molecular flexibility index (Phi) is 10.2. The molecule has 0 amide bonds. The lowest BCUT2D eigenvalue weighted by atomic mass is 9.84. The number of nitrogens with zero attached hydrogens (tertiary/aromatic N) is 2. The molecule has 0 aliphatic heterocycles. The highest BCUT2D eigenvalue weighted by Gasteiger charge is 2.20. The van der Waals surface area contributed by atoms with Gasteiger partial charge in [0.25, 0.3) is 0 Å². The van der Waals surface area contributed by atoms with Gasteiger partial charge >= 0.3 is 5.97 Å². The first-order valence-electron chi connectivity index (χ1n) is 12.9. The van der Waals surface area contributed by atoms with E-state index in [4.69, 9.17) is 9.72 Å². The van der Waals surface area contributed by atoms with Gasteiger partial charge in [0.1, 0.15) is 5.75 Å². The number of aryl methyl sites for hydroxylation is 1. The van der Waals surface area contributed by atoms with E-state index in [0.717, 1.165) is 43.0 Å². The predicted molar refractivity (Wildman–Crippen MR) is 131 cm³/mol. The SMILES string of the molecule is CCCCCCCCCC1CCc2nc(-c3ccc(OC(=O)CCCC)cc3)ncc2C1. The van der Waals surface area contributed by atoms with Crippen molar-refractivity contribution in [3.05, 3.63) is 41.7 Å². The minimum atomic E-state index is -0.171. The molecule has 1 unspecified atom stereocenters. The second-order valence-corrected chi connectivity index (χ2v) is 9.29. The first-order chi connectivity index (χ1) is 15.7. The van der Waals surface area contributed by atoms with Gasteiger partial charge in [0.2, 0.25) is 0 Å². The van der Waals surface area contributed by atoms with Gasteiger partial charge < -0.3 is 4.74 Å². The highest BCUT2D eigenvalue weighted by molar-refractivity contribution is 5.72. The predicted octanol–water partition coefficient (Wildman–Crippen LogP) is 7.48. The van der Waals surface area contributed by atoms with Crippen LogP contribution in [0.3, 0.4) is 0 Å². The molecule has 0 spiro atoms. The summed E-state index contributed by atoms with van der Waals surface area (Å²) in [6.45, 7) is 4.34. The first-order valence-corrected chi connectivity index (χ1v) is 12.9. The molecule has 1 aliphatic rings. The Morgan fingerprint density at radius 1 is 0.969 bits per heavy atom. The number of hydrogen-bond donors (Lipinski definition) is 0. The van der Waals surface area contributed by atoms with Crippen LogP contribution in [0.2, 0.25) is 0 Å². The standard InChI is InChI=1S/C28H40N2O2/c1-3-5-7-8-9-10-11-12-22-14-19-26-24(20-22)21-29-28(30-26)23-15-17-25(18-16-23)32-27(31)13-6-4-2/h15-18,21-22H,3-14,19-20H2,1-2H3. The lowest BCUT2D eigenvalue weighted by molar-refractivity contribution is -0.134. The molecule has 0 radical (unpaired) electrons. The Labute approximate surface area is 194 Å². The number of rotatable bonds is 13. The molecule has 0 bridgehead atoms. The molecule has 0 N–H and O–H groups in total. The summed E-state index contributed by atoms with van der Waals surface area (Å²) in [4.78, 5) is 21.3. The van der Waals surface area contributed by atoms with Crippen LogP contribution in [0.5, 0.6) is 5.75 Å². The fraction of sp³-hybridized carbons (Fsp3) is 0.607. The van der Waals surface area contributed by atoms with Crippen LogP contribution in [0.4, 0.5) is 0 Å². The molecular weight excluding hydrogens is 396 g/mol. The summed E-state index contributed by atoms with van der Waals surface area (Å²) >= 11 is 0. The van der Waals surface area contributed by atoms with Gasteiger partial charge in [-0.25, -0.2) is 9.97 Å². The zero-order valence-corrected chi connectivity index (χ0v) is 20.1. The van der Waals surface area contributed by atoms with Crippen LogP contribution in [-0.4, -0.2) is 15.9 Å². The quantitative estimate of drug-likeness (QED) is 0.185. The Morgan fingerprint density at radius 3 is 2.44 bits per heavy atom. The Hall–Kier alpha value is -2.23. The summed E-state index contributed by atoms with van der Waals surface area (Å²) in [6.07, 6.45) is 18.8. The molecule has 1 aliphatic carbocycles. The molecule has 4 heteroatoms. The number of hydrogen-bond acceptors (Lipinski definition) is 4. The van der Waals surface area contributed by atoms with Crippen molar-refractivity contribution >= 4 is 5.97 Å². The van der Waals surface area contributed by atoms with E-state index in [9.17, 15) is 4.79 Å².